The zero-order valence-corrected chi connectivity index (χ0v) is 12.9. The average molecular weight is 341 g/mol. The summed E-state index contributed by atoms with van der Waals surface area (Å²) in [6.07, 6.45) is 0.127. The van der Waals surface area contributed by atoms with Crippen LogP contribution in [0.2, 0.25) is 0 Å². The van der Waals surface area contributed by atoms with E-state index in [1.165, 1.54) is 0 Å². The van der Waals surface area contributed by atoms with Crippen LogP contribution in [0.15, 0.2) is 40.0 Å². The van der Waals surface area contributed by atoms with Crippen molar-refractivity contribution in [2.24, 2.45) is 0 Å². The minimum Gasteiger partial charge on any atom is -0.362 e. The molecule has 20 heavy (non-hydrogen) atoms. The molecule has 2 rings (SSSR count). The number of hydrogen-bond donors (Lipinski definition) is 4. The van der Waals surface area contributed by atoms with Crippen LogP contribution in [0.1, 0.15) is 31.9 Å². The van der Waals surface area contributed by atoms with Gasteiger partial charge in [0.05, 0.1) is 6.04 Å². The summed E-state index contributed by atoms with van der Waals surface area (Å²) >= 11 is 3.38. The fourth-order valence-electron chi connectivity index (χ4n) is 2.35. The number of nitrogens with one attached hydrogen (secondary N) is 2. The maximum absolute atomic E-state index is 11.7. The number of hydrogen-bond acceptors (Lipinski definition) is 3. The van der Waals surface area contributed by atoms with Crippen molar-refractivity contribution in [2.45, 2.75) is 32.1 Å². The average Bonchev–Trinajstić information content (AvgIpc) is 2.37. The van der Waals surface area contributed by atoms with Crippen molar-refractivity contribution in [2.75, 3.05) is 0 Å². The molecule has 6 heteroatoms. The molecule has 1 aliphatic heterocycles. The Bertz CT molecular complexity index is 569. The highest BCUT2D eigenvalue weighted by atomic mass is 79.9. The monoisotopic (exact) mass is 340 g/mol. The number of benzene rings is 1. The Hall–Kier alpha value is -1.37. The third-order valence-corrected chi connectivity index (χ3v) is 3.87. The second kappa shape index (κ2) is 5.55. The van der Waals surface area contributed by atoms with Crippen molar-refractivity contribution < 1.29 is 15.0 Å². The molecule has 4 N–H and O–H groups in total. The van der Waals surface area contributed by atoms with Crippen LogP contribution in [-0.4, -0.2) is 22.0 Å². The van der Waals surface area contributed by atoms with Crippen LogP contribution >= 0.6 is 15.9 Å². The minimum atomic E-state index is -1.97. The van der Waals surface area contributed by atoms with E-state index < -0.39 is 11.8 Å². The maximum atomic E-state index is 11.7. The molecule has 0 aliphatic carbocycles. The second-order valence-corrected chi connectivity index (χ2v) is 5.71. The van der Waals surface area contributed by atoms with Crippen LogP contribution in [0.25, 0.3) is 0 Å². The lowest BCUT2D eigenvalue weighted by Crippen LogP contribution is -2.49. The molecule has 0 radical (unpaired) electrons. The van der Waals surface area contributed by atoms with Crippen molar-refractivity contribution in [3.05, 3.63) is 45.6 Å². The summed E-state index contributed by atoms with van der Waals surface area (Å²) in [6.45, 7) is 3.34. The molecule has 0 saturated carbocycles. The molecule has 0 spiro atoms. The third-order valence-electron chi connectivity index (χ3n) is 3.38. The number of carbonyl (C=O) groups is 1. The van der Waals surface area contributed by atoms with Gasteiger partial charge >= 0.3 is 6.03 Å². The Morgan fingerprint density at radius 3 is 2.70 bits per heavy atom. The summed E-state index contributed by atoms with van der Waals surface area (Å²) in [7, 11) is 0. The summed E-state index contributed by atoms with van der Waals surface area (Å²) in [5.41, 5.74) is 1.60. The Morgan fingerprint density at radius 1 is 1.40 bits per heavy atom. The van der Waals surface area contributed by atoms with Crippen molar-refractivity contribution in [3.63, 3.8) is 0 Å². The molecule has 0 saturated heterocycles. The van der Waals surface area contributed by atoms with Gasteiger partial charge in [0.1, 0.15) is 0 Å². The third kappa shape index (κ3) is 2.87. The molecular formula is C14H17BrN2O3. The number of carbonyl (C=O) groups excluding carboxylic acids is 1. The van der Waals surface area contributed by atoms with E-state index in [-0.39, 0.29) is 12.5 Å². The molecule has 1 aromatic carbocycles. The lowest BCUT2D eigenvalue weighted by molar-refractivity contribution is -0.135. The Labute approximate surface area is 125 Å². The molecule has 108 valence electrons. The fraction of sp³-hybridized carbons (Fsp3) is 0.357. The van der Waals surface area contributed by atoms with Crippen LogP contribution < -0.4 is 10.6 Å². The molecule has 2 amide bonds. The highest BCUT2D eigenvalue weighted by molar-refractivity contribution is 9.10. The molecule has 1 heterocycles. The molecule has 1 aromatic rings. The van der Waals surface area contributed by atoms with Crippen LogP contribution in [0.5, 0.6) is 0 Å². The highest BCUT2D eigenvalue weighted by Crippen LogP contribution is 2.35. The normalized spacial score (nSPS) is 19.6. The van der Waals surface area contributed by atoms with E-state index in [0.29, 0.717) is 11.3 Å². The van der Waals surface area contributed by atoms with Gasteiger partial charge in [0.25, 0.3) is 0 Å². The van der Waals surface area contributed by atoms with Gasteiger partial charge in [0, 0.05) is 22.2 Å². The van der Waals surface area contributed by atoms with E-state index in [2.05, 4.69) is 26.6 Å². The number of halogens is 1. The topological polar surface area (TPSA) is 81.6 Å². The fourth-order valence-corrected chi connectivity index (χ4v) is 2.77. The lowest BCUT2D eigenvalue weighted by atomic mass is 9.88. The zero-order chi connectivity index (χ0) is 14.9. The van der Waals surface area contributed by atoms with Crippen molar-refractivity contribution in [1.82, 2.24) is 10.6 Å². The van der Waals surface area contributed by atoms with Crippen LogP contribution in [0.4, 0.5) is 4.79 Å². The van der Waals surface area contributed by atoms with E-state index in [4.69, 9.17) is 0 Å². The number of aliphatic hydroxyl groups is 2. The van der Waals surface area contributed by atoms with E-state index in [9.17, 15) is 15.0 Å². The number of rotatable bonds is 3. The molecule has 0 aromatic heterocycles. The quantitative estimate of drug-likeness (QED) is 0.636. The Balaban J connectivity index is 2.53. The predicted octanol–water partition coefficient (Wildman–Crippen LogP) is 2.17. The smallest absolute Gasteiger partial charge is 0.319 e. The molecule has 0 bridgehead atoms. The van der Waals surface area contributed by atoms with Gasteiger partial charge in [-0.3, -0.25) is 0 Å². The number of urea groups is 1. The highest BCUT2D eigenvalue weighted by Gasteiger charge is 2.38. The van der Waals surface area contributed by atoms with Gasteiger partial charge in [-0.05, 0) is 24.6 Å². The Morgan fingerprint density at radius 2 is 2.10 bits per heavy atom. The summed E-state index contributed by atoms with van der Waals surface area (Å²) < 4.78 is 0.859. The molecule has 5 nitrogen and oxygen atoms in total. The first-order valence-electron chi connectivity index (χ1n) is 6.34. The molecule has 0 fully saturated rings. The van der Waals surface area contributed by atoms with Gasteiger partial charge in [-0.25, -0.2) is 4.79 Å². The second-order valence-electron chi connectivity index (χ2n) is 4.80. The first-order valence-corrected chi connectivity index (χ1v) is 7.13. The van der Waals surface area contributed by atoms with Gasteiger partial charge in [0.15, 0.2) is 5.79 Å². The first-order chi connectivity index (χ1) is 9.35. The molecule has 1 unspecified atom stereocenters. The lowest BCUT2D eigenvalue weighted by Gasteiger charge is -2.36. The molecule has 1 aliphatic rings. The number of amides is 2. The van der Waals surface area contributed by atoms with Crippen molar-refractivity contribution in [1.29, 1.82) is 0 Å². The maximum Gasteiger partial charge on any atom is 0.319 e. The minimum absolute atomic E-state index is 0.127. The van der Waals surface area contributed by atoms with Crippen LogP contribution in [0.3, 0.4) is 0 Å². The standard InChI is InChI=1S/C14H17BrN2O3/c1-3-14(19,20)11-8(2)16-13(18)17-12(11)9-5-4-6-10(15)7-9/h4-7,12,19-20H,3H2,1-2H3,(H2,16,17,18). The van der Waals surface area contributed by atoms with Gasteiger partial charge in [0.2, 0.25) is 0 Å². The van der Waals surface area contributed by atoms with E-state index >= 15 is 0 Å². The van der Waals surface area contributed by atoms with E-state index in [1.807, 2.05) is 24.3 Å². The summed E-state index contributed by atoms with van der Waals surface area (Å²) in [5.74, 6) is -1.97. The zero-order valence-electron chi connectivity index (χ0n) is 11.3. The summed E-state index contributed by atoms with van der Waals surface area (Å²) in [6, 6.07) is 6.45. The number of allylic oxidation sites excluding steroid dienone is 1. The molecule has 1 atom stereocenters. The first kappa shape index (κ1) is 15.0. The van der Waals surface area contributed by atoms with E-state index in [1.54, 1.807) is 13.8 Å². The van der Waals surface area contributed by atoms with E-state index in [0.717, 1.165) is 10.0 Å². The summed E-state index contributed by atoms with van der Waals surface area (Å²) in [5, 5.41) is 25.7. The largest absolute Gasteiger partial charge is 0.362 e. The Kier molecular flexibility index (Phi) is 4.17. The van der Waals surface area contributed by atoms with Gasteiger partial charge in [-0.1, -0.05) is 35.0 Å². The van der Waals surface area contributed by atoms with Crippen LogP contribution in [0, 0.1) is 0 Å². The predicted molar refractivity (Wildman–Crippen MR) is 78.7 cm³/mol. The van der Waals surface area contributed by atoms with Gasteiger partial charge < -0.3 is 20.8 Å². The van der Waals surface area contributed by atoms with Crippen LogP contribution in [-0.2, 0) is 0 Å². The SMILES string of the molecule is CCC(O)(O)C1=C(C)NC(=O)NC1c1cccc(Br)c1. The molecular weight excluding hydrogens is 324 g/mol. The van der Waals surface area contributed by atoms with Gasteiger partial charge in [-0.15, -0.1) is 0 Å². The van der Waals surface area contributed by atoms with Gasteiger partial charge in [-0.2, -0.15) is 0 Å². The summed E-state index contributed by atoms with van der Waals surface area (Å²) in [4.78, 5) is 11.7. The van der Waals surface area contributed by atoms with Crippen molar-refractivity contribution >= 4 is 22.0 Å². The van der Waals surface area contributed by atoms with Crippen molar-refractivity contribution in [3.8, 4) is 0 Å².